The van der Waals surface area contributed by atoms with E-state index in [1.807, 2.05) is 14.0 Å². The van der Waals surface area contributed by atoms with Crippen molar-refractivity contribution in [2.45, 2.75) is 40.2 Å². The third kappa shape index (κ3) is 5.06. The van der Waals surface area contributed by atoms with Crippen LogP contribution in [0.1, 0.15) is 40.9 Å². The van der Waals surface area contributed by atoms with Crippen LogP contribution in [-0.2, 0) is 6.54 Å². The average Bonchev–Trinajstić information content (AvgIpc) is 2.89. The molecule has 0 aliphatic rings. The van der Waals surface area contributed by atoms with Crippen molar-refractivity contribution in [3.05, 3.63) is 51.5 Å². The highest BCUT2D eigenvalue weighted by molar-refractivity contribution is 7.11. The second-order valence-corrected chi connectivity index (χ2v) is 7.60. The number of nitrogens with zero attached hydrogens (tertiary/aromatic N) is 2. The van der Waals surface area contributed by atoms with Crippen LogP contribution in [0.4, 0.5) is 0 Å². The molecule has 0 aliphatic carbocycles. The molecule has 0 bridgehead atoms. The third-order valence-corrected chi connectivity index (χ3v) is 5.23. The van der Waals surface area contributed by atoms with Crippen molar-refractivity contribution < 1.29 is 0 Å². The van der Waals surface area contributed by atoms with E-state index < -0.39 is 0 Å². The Morgan fingerprint density at radius 2 is 1.88 bits per heavy atom. The van der Waals surface area contributed by atoms with Gasteiger partial charge in [0.05, 0.1) is 17.2 Å². The highest BCUT2D eigenvalue weighted by Gasteiger charge is 2.16. The van der Waals surface area contributed by atoms with Crippen LogP contribution in [0, 0.1) is 19.8 Å². The molecule has 1 aromatic carbocycles. The Kier molecular flexibility index (Phi) is 6.79. The van der Waals surface area contributed by atoms with Gasteiger partial charge in [-0.05, 0) is 25.3 Å². The summed E-state index contributed by atoms with van der Waals surface area (Å²) in [6.07, 6.45) is 0. The van der Waals surface area contributed by atoms with Crippen LogP contribution >= 0.6 is 11.3 Å². The summed E-state index contributed by atoms with van der Waals surface area (Å²) in [5.74, 6) is 1.85. The van der Waals surface area contributed by atoms with Gasteiger partial charge in [0.25, 0.3) is 0 Å². The molecule has 5 heteroatoms. The zero-order valence-corrected chi connectivity index (χ0v) is 16.1. The highest BCUT2D eigenvalue weighted by Crippen LogP contribution is 2.23. The Hall–Kier alpha value is -1.88. The lowest BCUT2D eigenvalue weighted by Crippen LogP contribution is -2.39. The zero-order chi connectivity index (χ0) is 17.5. The molecule has 130 valence electrons. The van der Waals surface area contributed by atoms with Crippen LogP contribution in [0.3, 0.4) is 0 Å². The minimum Gasteiger partial charge on any atom is -0.356 e. The number of aromatic nitrogens is 1. The number of thiazole rings is 1. The Labute approximate surface area is 149 Å². The third-order valence-electron chi connectivity index (χ3n) is 4.16. The maximum absolute atomic E-state index is 4.47. The Bertz CT molecular complexity index is 661. The number of rotatable bonds is 6. The summed E-state index contributed by atoms with van der Waals surface area (Å²) in [6, 6.07) is 10.7. The molecule has 1 unspecified atom stereocenters. The van der Waals surface area contributed by atoms with Crippen molar-refractivity contribution in [3.63, 3.8) is 0 Å². The van der Waals surface area contributed by atoms with Crippen LogP contribution < -0.4 is 10.6 Å². The maximum atomic E-state index is 4.47. The number of aryl methyl sites for hydroxylation is 2. The number of benzene rings is 1. The Balaban J connectivity index is 1.93. The highest BCUT2D eigenvalue weighted by atomic mass is 32.1. The second kappa shape index (κ2) is 8.83. The van der Waals surface area contributed by atoms with Crippen molar-refractivity contribution in [1.82, 2.24) is 15.6 Å². The standard InChI is InChI=1S/C19H28N4S/c1-13(2)17(16-9-7-6-8-10-16)11-21-19(20-5)22-12-18-14(3)23-15(4)24-18/h6-10,13,17H,11-12H2,1-5H3,(H2,20,21,22). The molecule has 0 saturated carbocycles. The number of hydrogen-bond donors (Lipinski definition) is 2. The molecule has 0 spiro atoms. The number of nitrogens with one attached hydrogen (secondary N) is 2. The molecule has 2 N–H and O–H groups in total. The first-order chi connectivity index (χ1) is 11.5. The van der Waals surface area contributed by atoms with Crippen molar-refractivity contribution in [1.29, 1.82) is 0 Å². The summed E-state index contributed by atoms with van der Waals surface area (Å²) in [5, 5.41) is 7.97. The summed E-state index contributed by atoms with van der Waals surface area (Å²) in [6.45, 7) is 10.2. The van der Waals surface area contributed by atoms with Crippen LogP contribution in [0.2, 0.25) is 0 Å². The van der Waals surface area contributed by atoms with Gasteiger partial charge in [-0.3, -0.25) is 4.99 Å². The first kappa shape index (κ1) is 18.5. The van der Waals surface area contributed by atoms with Crippen LogP contribution in [0.15, 0.2) is 35.3 Å². The molecular weight excluding hydrogens is 316 g/mol. The molecule has 0 amide bonds. The molecule has 0 aliphatic heterocycles. The fourth-order valence-corrected chi connectivity index (χ4v) is 3.64. The van der Waals surface area contributed by atoms with Crippen LogP contribution in [-0.4, -0.2) is 24.5 Å². The number of aliphatic imine (C=N–C) groups is 1. The molecule has 4 nitrogen and oxygen atoms in total. The number of hydrogen-bond acceptors (Lipinski definition) is 3. The topological polar surface area (TPSA) is 49.3 Å². The lowest BCUT2D eigenvalue weighted by Gasteiger charge is -2.23. The largest absolute Gasteiger partial charge is 0.356 e. The van der Waals surface area contributed by atoms with Crippen LogP contribution in [0.25, 0.3) is 0 Å². The maximum Gasteiger partial charge on any atom is 0.191 e. The lowest BCUT2D eigenvalue weighted by atomic mass is 9.88. The molecule has 0 fully saturated rings. The fourth-order valence-electron chi connectivity index (χ4n) is 2.77. The van der Waals surface area contributed by atoms with Gasteiger partial charge in [-0.2, -0.15) is 0 Å². The first-order valence-electron chi connectivity index (χ1n) is 8.43. The second-order valence-electron chi connectivity index (χ2n) is 6.31. The van der Waals surface area contributed by atoms with Crippen molar-refractivity contribution in [3.8, 4) is 0 Å². The molecule has 1 atom stereocenters. The Morgan fingerprint density at radius 1 is 1.17 bits per heavy atom. The van der Waals surface area contributed by atoms with Crippen LogP contribution in [0.5, 0.6) is 0 Å². The molecule has 1 aromatic heterocycles. The monoisotopic (exact) mass is 344 g/mol. The van der Waals surface area contributed by atoms with E-state index >= 15 is 0 Å². The van der Waals surface area contributed by atoms with E-state index in [4.69, 9.17) is 0 Å². The zero-order valence-electron chi connectivity index (χ0n) is 15.3. The molecule has 0 radical (unpaired) electrons. The molecule has 24 heavy (non-hydrogen) atoms. The minimum atomic E-state index is 0.456. The van der Waals surface area contributed by atoms with Gasteiger partial charge in [0.1, 0.15) is 0 Å². The Morgan fingerprint density at radius 3 is 2.42 bits per heavy atom. The molecule has 1 heterocycles. The molecule has 2 aromatic rings. The predicted molar refractivity (Wildman–Crippen MR) is 104 cm³/mol. The van der Waals surface area contributed by atoms with E-state index in [0.717, 1.165) is 29.8 Å². The van der Waals surface area contributed by atoms with E-state index in [2.05, 4.69) is 71.7 Å². The lowest BCUT2D eigenvalue weighted by molar-refractivity contribution is 0.488. The van der Waals surface area contributed by atoms with Gasteiger partial charge in [-0.25, -0.2) is 4.98 Å². The fraction of sp³-hybridized carbons (Fsp3) is 0.474. The van der Waals surface area contributed by atoms with Crippen molar-refractivity contribution in [2.24, 2.45) is 10.9 Å². The van der Waals surface area contributed by atoms with E-state index in [1.54, 1.807) is 11.3 Å². The van der Waals surface area contributed by atoms with Gasteiger partial charge < -0.3 is 10.6 Å². The van der Waals surface area contributed by atoms with E-state index in [-0.39, 0.29) is 0 Å². The first-order valence-corrected chi connectivity index (χ1v) is 9.25. The van der Waals surface area contributed by atoms with E-state index in [1.165, 1.54) is 10.4 Å². The SMILES string of the molecule is CN=C(NCc1sc(C)nc1C)NCC(c1ccccc1)C(C)C. The van der Waals surface area contributed by atoms with Gasteiger partial charge in [0, 0.05) is 24.4 Å². The smallest absolute Gasteiger partial charge is 0.191 e. The van der Waals surface area contributed by atoms with Gasteiger partial charge >= 0.3 is 0 Å². The summed E-state index contributed by atoms with van der Waals surface area (Å²) in [5.41, 5.74) is 2.47. The number of guanidine groups is 1. The quantitative estimate of drug-likeness (QED) is 0.618. The normalized spacial score (nSPS) is 13.2. The van der Waals surface area contributed by atoms with Crippen molar-refractivity contribution in [2.75, 3.05) is 13.6 Å². The van der Waals surface area contributed by atoms with Gasteiger partial charge in [0.2, 0.25) is 0 Å². The van der Waals surface area contributed by atoms with E-state index in [0.29, 0.717) is 11.8 Å². The predicted octanol–water partition coefficient (Wildman–Crippen LogP) is 3.86. The summed E-state index contributed by atoms with van der Waals surface area (Å²) in [7, 11) is 1.81. The molecule has 0 saturated heterocycles. The summed E-state index contributed by atoms with van der Waals surface area (Å²) in [4.78, 5) is 10.1. The minimum absolute atomic E-state index is 0.456. The van der Waals surface area contributed by atoms with Crippen molar-refractivity contribution >= 4 is 17.3 Å². The molecule has 2 rings (SSSR count). The van der Waals surface area contributed by atoms with Gasteiger partial charge in [-0.1, -0.05) is 44.2 Å². The van der Waals surface area contributed by atoms with Gasteiger partial charge in [-0.15, -0.1) is 11.3 Å². The molecular formula is C19H28N4S. The summed E-state index contributed by atoms with van der Waals surface area (Å²) < 4.78 is 0. The summed E-state index contributed by atoms with van der Waals surface area (Å²) >= 11 is 1.74. The van der Waals surface area contributed by atoms with E-state index in [9.17, 15) is 0 Å². The average molecular weight is 345 g/mol. The van der Waals surface area contributed by atoms with Gasteiger partial charge in [0.15, 0.2) is 5.96 Å².